The highest BCUT2D eigenvalue weighted by atomic mass is 16.5. The molecule has 0 radical (unpaired) electrons. The lowest BCUT2D eigenvalue weighted by atomic mass is 9.77. The number of rotatable bonds is 4. The lowest BCUT2D eigenvalue weighted by Gasteiger charge is -2.35. The summed E-state index contributed by atoms with van der Waals surface area (Å²) in [4.78, 5) is 0. The van der Waals surface area contributed by atoms with E-state index < -0.39 is 5.60 Å². The Hall–Kier alpha value is -3.88. The van der Waals surface area contributed by atoms with Gasteiger partial charge in [-0.15, -0.1) is 0 Å². The Morgan fingerprint density at radius 1 is 0.684 bits per heavy atom. The summed E-state index contributed by atoms with van der Waals surface area (Å²) in [6, 6.07) is 38.9. The number of fused-ring (bicyclic) bond motifs is 5. The average molecular weight is 498 g/mol. The summed E-state index contributed by atoms with van der Waals surface area (Å²) < 4.78 is 6.16. The molecular weight excluding hydrogens is 462 g/mol. The Kier molecular flexibility index (Phi) is 6.98. The predicted molar refractivity (Wildman–Crippen MR) is 159 cm³/mol. The summed E-state index contributed by atoms with van der Waals surface area (Å²) in [7, 11) is 1.98. The van der Waals surface area contributed by atoms with Crippen LogP contribution in [-0.2, 0) is 23.2 Å². The third-order valence-electron chi connectivity index (χ3n) is 8.17. The molecule has 2 nitrogen and oxygen atoms in total. The minimum atomic E-state index is -0.425. The van der Waals surface area contributed by atoms with Crippen molar-refractivity contribution in [2.75, 3.05) is 13.6 Å². The number of hydrogen-bond donors (Lipinski definition) is 1. The molecule has 0 fully saturated rings. The van der Waals surface area contributed by atoms with Crippen LogP contribution in [0.25, 0.3) is 21.5 Å². The Morgan fingerprint density at radius 2 is 1.34 bits per heavy atom. The maximum atomic E-state index is 6.16. The highest BCUT2D eigenvalue weighted by Gasteiger charge is 2.45. The zero-order chi connectivity index (χ0) is 25.8. The predicted octanol–water partition coefficient (Wildman–Crippen LogP) is 8.18. The van der Waals surface area contributed by atoms with Crippen LogP contribution >= 0.6 is 0 Å². The van der Waals surface area contributed by atoms with Gasteiger partial charge < -0.3 is 10.1 Å². The first kappa shape index (κ1) is 24.5. The minimum Gasteiger partial charge on any atom is -0.485 e. The fourth-order valence-corrected chi connectivity index (χ4v) is 6.34. The molecule has 5 aromatic rings. The van der Waals surface area contributed by atoms with Crippen LogP contribution < -0.4 is 5.32 Å². The van der Waals surface area contributed by atoms with Gasteiger partial charge >= 0.3 is 0 Å². The van der Waals surface area contributed by atoms with Crippen molar-refractivity contribution in [2.45, 2.75) is 31.3 Å². The van der Waals surface area contributed by atoms with Crippen molar-refractivity contribution in [1.29, 1.82) is 0 Å². The van der Waals surface area contributed by atoms with Gasteiger partial charge in [0.25, 0.3) is 0 Å². The second-order valence-corrected chi connectivity index (χ2v) is 10.4. The van der Waals surface area contributed by atoms with E-state index in [1.165, 1.54) is 58.4 Å². The molecule has 190 valence electrons. The number of nitrogens with one attached hydrogen (secondary N) is 1. The molecule has 0 spiro atoms. The lowest BCUT2D eigenvalue weighted by molar-refractivity contribution is 0.0453. The molecule has 1 unspecified atom stereocenters. The number of ether oxygens (including phenoxy) is 1. The van der Waals surface area contributed by atoms with E-state index >= 15 is 0 Å². The van der Waals surface area contributed by atoms with E-state index in [4.69, 9.17) is 4.74 Å². The fraction of sp³-hybridized carbons (Fsp3) is 0.222. The Labute approximate surface area is 226 Å². The third kappa shape index (κ3) is 4.40. The SMILES string of the molecule is CNCC1C=COC1(c1ccccc1)c1ccccc1.c1ccc2c(c1)ccc1c3c(ccc12)CCCC3. The first-order chi connectivity index (χ1) is 18.8. The molecule has 0 saturated heterocycles. The molecule has 5 aromatic carbocycles. The van der Waals surface area contributed by atoms with Gasteiger partial charge in [-0.05, 0) is 71.5 Å². The Balaban J connectivity index is 0.000000140. The quantitative estimate of drug-likeness (QED) is 0.253. The maximum Gasteiger partial charge on any atom is 0.166 e. The topological polar surface area (TPSA) is 21.3 Å². The molecule has 2 heteroatoms. The van der Waals surface area contributed by atoms with Crippen LogP contribution in [0.1, 0.15) is 35.1 Å². The summed E-state index contributed by atoms with van der Waals surface area (Å²) in [5.41, 5.74) is 5.13. The smallest absolute Gasteiger partial charge is 0.166 e. The first-order valence-corrected chi connectivity index (χ1v) is 13.8. The molecule has 1 N–H and O–H groups in total. The van der Waals surface area contributed by atoms with E-state index in [2.05, 4.69) is 108 Å². The fourth-order valence-electron chi connectivity index (χ4n) is 6.34. The van der Waals surface area contributed by atoms with Crippen LogP contribution in [0.3, 0.4) is 0 Å². The van der Waals surface area contributed by atoms with E-state index in [1.54, 1.807) is 11.1 Å². The Morgan fingerprint density at radius 3 is 2.08 bits per heavy atom. The molecule has 2 aliphatic rings. The van der Waals surface area contributed by atoms with Crippen LogP contribution in [0.2, 0.25) is 0 Å². The van der Waals surface area contributed by atoms with Crippen molar-refractivity contribution in [2.24, 2.45) is 5.92 Å². The minimum absolute atomic E-state index is 0.275. The molecule has 38 heavy (non-hydrogen) atoms. The summed E-state index contributed by atoms with van der Waals surface area (Å²) >= 11 is 0. The van der Waals surface area contributed by atoms with Gasteiger partial charge in [0.15, 0.2) is 5.60 Å². The summed E-state index contributed by atoms with van der Waals surface area (Å²) in [6.07, 6.45) is 9.20. The molecular formula is C36H35NO. The van der Waals surface area contributed by atoms with Crippen LogP contribution in [0, 0.1) is 5.92 Å². The van der Waals surface area contributed by atoms with E-state index in [0.717, 1.165) is 6.54 Å². The molecule has 1 aliphatic heterocycles. The van der Waals surface area contributed by atoms with Crippen LogP contribution in [-0.4, -0.2) is 13.6 Å². The second kappa shape index (κ2) is 10.8. The highest BCUT2D eigenvalue weighted by molar-refractivity contribution is 6.08. The normalized spacial score (nSPS) is 17.4. The van der Waals surface area contributed by atoms with Crippen molar-refractivity contribution in [3.63, 3.8) is 0 Å². The van der Waals surface area contributed by atoms with Gasteiger partial charge in [-0.3, -0.25) is 0 Å². The highest BCUT2D eigenvalue weighted by Crippen LogP contribution is 2.44. The zero-order valence-corrected chi connectivity index (χ0v) is 22.1. The molecule has 0 bridgehead atoms. The van der Waals surface area contributed by atoms with Crippen LogP contribution in [0.5, 0.6) is 0 Å². The first-order valence-electron chi connectivity index (χ1n) is 13.8. The number of hydrogen-bond acceptors (Lipinski definition) is 2. The largest absolute Gasteiger partial charge is 0.485 e. The van der Waals surface area contributed by atoms with Crippen molar-refractivity contribution < 1.29 is 4.74 Å². The molecule has 1 atom stereocenters. The molecule has 0 amide bonds. The van der Waals surface area contributed by atoms with E-state index in [0.29, 0.717) is 0 Å². The van der Waals surface area contributed by atoms with Crippen LogP contribution in [0.15, 0.2) is 122 Å². The van der Waals surface area contributed by atoms with Gasteiger partial charge in [0.05, 0.1) is 6.26 Å². The maximum absolute atomic E-state index is 6.16. The Bertz CT molecular complexity index is 1520. The molecule has 0 saturated carbocycles. The van der Waals surface area contributed by atoms with Crippen molar-refractivity contribution >= 4 is 21.5 Å². The van der Waals surface area contributed by atoms with E-state index in [9.17, 15) is 0 Å². The molecule has 0 aromatic heterocycles. The van der Waals surface area contributed by atoms with Gasteiger partial charge in [-0.25, -0.2) is 0 Å². The average Bonchev–Trinajstić information content (AvgIpc) is 3.43. The van der Waals surface area contributed by atoms with Crippen molar-refractivity contribution in [1.82, 2.24) is 5.32 Å². The zero-order valence-electron chi connectivity index (χ0n) is 22.1. The van der Waals surface area contributed by atoms with Crippen molar-refractivity contribution in [3.05, 3.63) is 144 Å². The second-order valence-electron chi connectivity index (χ2n) is 10.4. The van der Waals surface area contributed by atoms with Gasteiger partial charge in [-0.2, -0.15) is 0 Å². The standard InChI is InChI=1S/C18H19NO.C18H16/c1-19-14-17-12-13-20-18(17,15-8-4-2-5-9-15)16-10-6-3-7-11-16;1-3-7-15-13(5-1)9-11-18-16-8-4-2-6-14(16)10-12-17(15)18/h2-13,17,19H,14H2,1H3;1,3,5,7,9-12H,2,4,6,8H2. The summed E-state index contributed by atoms with van der Waals surface area (Å²) in [5, 5.41) is 8.92. The molecule has 1 heterocycles. The van der Waals surface area contributed by atoms with Gasteiger partial charge in [0.2, 0.25) is 0 Å². The van der Waals surface area contributed by atoms with E-state index in [1.807, 2.05) is 25.4 Å². The molecule has 7 rings (SSSR count). The van der Waals surface area contributed by atoms with E-state index in [-0.39, 0.29) is 5.92 Å². The van der Waals surface area contributed by atoms with Gasteiger partial charge in [0, 0.05) is 23.6 Å². The third-order valence-corrected chi connectivity index (χ3v) is 8.17. The molecule has 1 aliphatic carbocycles. The van der Waals surface area contributed by atoms with Gasteiger partial charge in [-0.1, -0.05) is 109 Å². The van der Waals surface area contributed by atoms with Crippen LogP contribution in [0.4, 0.5) is 0 Å². The lowest BCUT2D eigenvalue weighted by Crippen LogP contribution is -2.39. The number of benzene rings is 5. The van der Waals surface area contributed by atoms with Gasteiger partial charge in [0.1, 0.15) is 0 Å². The number of aryl methyl sites for hydroxylation is 2. The summed E-state index contributed by atoms with van der Waals surface area (Å²) in [6.45, 7) is 0.875. The van der Waals surface area contributed by atoms with Crippen molar-refractivity contribution in [3.8, 4) is 0 Å². The summed E-state index contributed by atoms with van der Waals surface area (Å²) in [5.74, 6) is 0.275. The monoisotopic (exact) mass is 497 g/mol.